The summed E-state index contributed by atoms with van der Waals surface area (Å²) in [5.41, 5.74) is 9.74. The predicted octanol–water partition coefficient (Wildman–Crippen LogP) is 4.26. The number of hydrogen-bond acceptors (Lipinski definition) is 6. The number of benzene rings is 2. The van der Waals surface area contributed by atoms with Gasteiger partial charge in [0.2, 0.25) is 0 Å². The maximum atomic E-state index is 11.6. The highest BCUT2D eigenvalue weighted by atomic mass is 32.2. The highest BCUT2D eigenvalue weighted by Crippen LogP contribution is 2.23. The van der Waals surface area contributed by atoms with Crippen molar-refractivity contribution in [3.05, 3.63) is 72.4 Å². The third-order valence-corrected chi connectivity index (χ3v) is 6.46. The normalized spacial score (nSPS) is 12.3. The molecular formula is C26H34N4O3S. The Morgan fingerprint density at radius 3 is 2.79 bits per heavy atom. The van der Waals surface area contributed by atoms with Crippen LogP contribution in [-0.4, -0.2) is 57.6 Å². The molecule has 8 heteroatoms. The zero-order valence-electron chi connectivity index (χ0n) is 19.9. The lowest BCUT2D eigenvalue weighted by molar-refractivity contribution is 0.317. The lowest BCUT2D eigenvalue weighted by Gasteiger charge is -2.18. The van der Waals surface area contributed by atoms with E-state index in [9.17, 15) is 4.21 Å². The minimum atomic E-state index is -0.834. The van der Waals surface area contributed by atoms with E-state index in [0.717, 1.165) is 41.3 Å². The van der Waals surface area contributed by atoms with Crippen LogP contribution in [0, 0.1) is 0 Å². The van der Waals surface area contributed by atoms with Crippen LogP contribution >= 0.6 is 0 Å². The first-order chi connectivity index (χ1) is 16.5. The molecule has 3 aromatic rings. The molecule has 0 fully saturated rings. The highest BCUT2D eigenvalue weighted by molar-refractivity contribution is 7.84. The molecule has 0 aliphatic carbocycles. The number of H-pyrrole nitrogens is 1. The van der Waals surface area contributed by atoms with Crippen molar-refractivity contribution in [3.8, 4) is 22.8 Å². The van der Waals surface area contributed by atoms with Crippen LogP contribution in [-0.2, 0) is 17.3 Å². The highest BCUT2D eigenvalue weighted by Gasteiger charge is 2.08. The van der Waals surface area contributed by atoms with Crippen LogP contribution in [0.1, 0.15) is 18.9 Å². The van der Waals surface area contributed by atoms with E-state index >= 15 is 0 Å². The van der Waals surface area contributed by atoms with Crippen LogP contribution in [0.4, 0.5) is 5.69 Å². The van der Waals surface area contributed by atoms with E-state index in [1.54, 1.807) is 6.20 Å². The zero-order chi connectivity index (χ0) is 24.2. The van der Waals surface area contributed by atoms with Crippen LogP contribution in [0.3, 0.4) is 0 Å². The maximum Gasteiger partial charge on any atom is 0.123 e. The lowest BCUT2D eigenvalue weighted by atomic mass is 10.1. The standard InChI is InChI=1S/C26H34N4O3S/c1-3-34(31)17-16-33-26-11-10-23(27)18-22(26)20-30(2)14-5-4-6-15-32-24-9-7-8-21(19-24)25-12-13-28-29-25/h4-5,7-13,18-19H,3,6,14-17,20,27H2,1-2H3,(H,28,29)/b5-4+. The summed E-state index contributed by atoms with van der Waals surface area (Å²) >= 11 is 0. The van der Waals surface area contributed by atoms with Gasteiger partial charge in [0.15, 0.2) is 0 Å². The molecule has 2 aromatic carbocycles. The molecular weight excluding hydrogens is 448 g/mol. The number of likely N-dealkylation sites (N-methyl/N-ethyl adjacent to an activating group) is 1. The summed E-state index contributed by atoms with van der Waals surface area (Å²) in [6.45, 7) is 4.46. The van der Waals surface area contributed by atoms with Crippen molar-refractivity contribution >= 4 is 16.5 Å². The van der Waals surface area contributed by atoms with E-state index in [0.29, 0.717) is 37.0 Å². The second-order valence-electron chi connectivity index (χ2n) is 7.95. The van der Waals surface area contributed by atoms with Gasteiger partial charge in [-0.3, -0.25) is 14.2 Å². The number of rotatable bonds is 14. The van der Waals surface area contributed by atoms with Gasteiger partial charge in [-0.15, -0.1) is 0 Å². The van der Waals surface area contributed by atoms with Gasteiger partial charge in [-0.2, -0.15) is 5.10 Å². The van der Waals surface area contributed by atoms with Crippen LogP contribution in [0.25, 0.3) is 11.3 Å². The Hall–Kier alpha value is -3.10. The van der Waals surface area contributed by atoms with Gasteiger partial charge in [-0.05, 0) is 49.9 Å². The molecule has 1 unspecified atom stereocenters. The number of nitrogens with zero attached hydrogens (tertiary/aromatic N) is 2. The number of aromatic amines is 1. The summed E-state index contributed by atoms with van der Waals surface area (Å²) in [5, 5.41) is 6.96. The molecule has 1 aromatic heterocycles. The smallest absolute Gasteiger partial charge is 0.123 e. The molecule has 1 atom stereocenters. The molecule has 0 spiro atoms. The largest absolute Gasteiger partial charge is 0.493 e. The van der Waals surface area contributed by atoms with E-state index in [-0.39, 0.29) is 0 Å². The Morgan fingerprint density at radius 2 is 2.00 bits per heavy atom. The Labute approximate surface area is 204 Å². The summed E-state index contributed by atoms with van der Waals surface area (Å²) < 4.78 is 23.4. The minimum absolute atomic E-state index is 0.436. The number of hydrogen-bond donors (Lipinski definition) is 2. The third-order valence-electron chi connectivity index (χ3n) is 5.20. The predicted molar refractivity (Wildman–Crippen MR) is 140 cm³/mol. The van der Waals surface area contributed by atoms with Crippen molar-refractivity contribution in [3.63, 3.8) is 0 Å². The molecule has 1 heterocycles. The molecule has 7 nitrogen and oxygen atoms in total. The Bertz CT molecular complexity index is 1070. The van der Waals surface area contributed by atoms with Crippen LogP contribution in [0.5, 0.6) is 11.5 Å². The molecule has 34 heavy (non-hydrogen) atoms. The van der Waals surface area contributed by atoms with E-state index in [1.165, 1.54) is 0 Å². The Morgan fingerprint density at radius 1 is 1.12 bits per heavy atom. The molecule has 0 saturated heterocycles. The topological polar surface area (TPSA) is 93.5 Å². The summed E-state index contributed by atoms with van der Waals surface area (Å²) in [6.07, 6.45) is 6.83. The molecule has 0 saturated carbocycles. The number of aromatic nitrogens is 2. The summed E-state index contributed by atoms with van der Waals surface area (Å²) in [4.78, 5) is 2.19. The molecule has 0 amide bonds. The average molecular weight is 483 g/mol. The first kappa shape index (κ1) is 25.5. The molecule has 3 rings (SSSR count). The number of nitrogens with one attached hydrogen (secondary N) is 1. The van der Waals surface area contributed by atoms with E-state index in [4.69, 9.17) is 15.2 Å². The zero-order valence-corrected chi connectivity index (χ0v) is 20.7. The number of nitrogen functional groups attached to an aromatic ring is 1. The average Bonchev–Trinajstić information content (AvgIpc) is 3.38. The number of nitrogens with two attached hydrogens (primary N) is 1. The van der Waals surface area contributed by atoms with E-state index in [1.807, 2.05) is 55.5 Å². The molecule has 3 N–H and O–H groups in total. The number of anilines is 1. The fourth-order valence-corrected chi connectivity index (χ4v) is 3.95. The first-order valence-corrected chi connectivity index (χ1v) is 13.0. The molecule has 0 aliphatic rings. The number of ether oxygens (including phenoxy) is 2. The quantitative estimate of drug-likeness (QED) is 0.203. The third kappa shape index (κ3) is 8.35. The SMILES string of the molecule is CCS(=O)CCOc1ccc(N)cc1CN(C)C/C=C/CCOc1cccc(-c2ccn[nH]2)c1. The van der Waals surface area contributed by atoms with Gasteiger partial charge >= 0.3 is 0 Å². The van der Waals surface area contributed by atoms with E-state index < -0.39 is 10.8 Å². The second-order valence-corrected chi connectivity index (χ2v) is 9.82. The van der Waals surface area contributed by atoms with Crippen molar-refractivity contribution in [2.75, 3.05) is 44.0 Å². The Balaban J connectivity index is 1.41. The minimum Gasteiger partial charge on any atom is -0.493 e. The van der Waals surface area contributed by atoms with Gasteiger partial charge in [0.25, 0.3) is 0 Å². The van der Waals surface area contributed by atoms with Crippen molar-refractivity contribution in [1.29, 1.82) is 0 Å². The van der Waals surface area contributed by atoms with Crippen LogP contribution in [0.15, 0.2) is 66.9 Å². The van der Waals surface area contributed by atoms with E-state index in [2.05, 4.69) is 34.3 Å². The fourth-order valence-electron chi connectivity index (χ4n) is 3.40. The second kappa shape index (κ2) is 13.6. The van der Waals surface area contributed by atoms with Gasteiger partial charge in [0.1, 0.15) is 11.5 Å². The lowest BCUT2D eigenvalue weighted by Crippen LogP contribution is -2.19. The van der Waals surface area contributed by atoms with Gasteiger partial charge in [-0.1, -0.05) is 31.2 Å². The molecule has 0 aliphatic heterocycles. The first-order valence-electron chi connectivity index (χ1n) is 11.5. The van der Waals surface area contributed by atoms with Crippen LogP contribution < -0.4 is 15.2 Å². The summed E-state index contributed by atoms with van der Waals surface area (Å²) in [6, 6.07) is 15.6. The van der Waals surface area contributed by atoms with Crippen molar-refractivity contribution in [2.45, 2.75) is 19.9 Å². The van der Waals surface area contributed by atoms with Gasteiger partial charge in [0.05, 0.1) is 24.7 Å². The van der Waals surface area contributed by atoms with Crippen LogP contribution in [0.2, 0.25) is 0 Å². The monoisotopic (exact) mass is 482 g/mol. The van der Waals surface area contributed by atoms with Crippen molar-refractivity contribution in [1.82, 2.24) is 15.1 Å². The van der Waals surface area contributed by atoms with Gasteiger partial charge in [0, 0.05) is 52.7 Å². The summed E-state index contributed by atoms with van der Waals surface area (Å²) in [5.74, 6) is 2.82. The maximum absolute atomic E-state index is 11.6. The van der Waals surface area contributed by atoms with Gasteiger partial charge < -0.3 is 15.2 Å². The fraction of sp³-hybridized carbons (Fsp3) is 0.346. The van der Waals surface area contributed by atoms with Crippen molar-refractivity contribution in [2.24, 2.45) is 0 Å². The summed E-state index contributed by atoms with van der Waals surface area (Å²) in [7, 11) is 1.22. The van der Waals surface area contributed by atoms with Gasteiger partial charge in [-0.25, -0.2) is 0 Å². The molecule has 0 radical (unpaired) electrons. The molecule has 0 bridgehead atoms. The van der Waals surface area contributed by atoms with Crippen molar-refractivity contribution < 1.29 is 13.7 Å². The molecule has 182 valence electrons. The Kier molecular flexibility index (Phi) is 10.2.